The number of sulfonamides is 1. The lowest BCUT2D eigenvalue weighted by Crippen LogP contribution is -2.51. The molecule has 2 aliphatic heterocycles. The molecule has 2 saturated heterocycles. The Kier molecular flexibility index (Phi) is 9.08. The van der Waals surface area contributed by atoms with Crippen LogP contribution in [-0.4, -0.2) is 88.6 Å². The minimum Gasteiger partial charge on any atom is -0.394 e. The molecule has 174 valence electrons. The third-order valence-electron chi connectivity index (χ3n) is 5.49. The highest BCUT2D eigenvalue weighted by molar-refractivity contribution is 7.89. The molecule has 0 aliphatic carbocycles. The molecule has 2 fully saturated rings. The van der Waals surface area contributed by atoms with Gasteiger partial charge in [0.15, 0.2) is 0 Å². The number of aliphatic hydroxyl groups is 1. The number of halogens is 1. The van der Waals surface area contributed by atoms with E-state index in [2.05, 4.69) is 14.9 Å². The van der Waals surface area contributed by atoms with Crippen molar-refractivity contribution in [3.63, 3.8) is 0 Å². The number of nitrogens with one attached hydrogen (secondary N) is 2. The number of amides is 1. The zero-order valence-electron chi connectivity index (χ0n) is 17.3. The number of ether oxygens (including phenoxy) is 2. The van der Waals surface area contributed by atoms with Gasteiger partial charge in [-0.25, -0.2) is 13.1 Å². The molecule has 0 unspecified atom stereocenters. The van der Waals surface area contributed by atoms with Gasteiger partial charge in [-0.05, 0) is 43.5 Å². The van der Waals surface area contributed by atoms with Gasteiger partial charge in [-0.3, -0.25) is 9.69 Å². The number of carbonyl (C=O) groups excluding carboxylic acids is 1. The van der Waals surface area contributed by atoms with Crippen LogP contribution < -0.4 is 10.0 Å². The number of benzene rings is 1. The summed E-state index contributed by atoms with van der Waals surface area (Å²) in [6.45, 7) is 3.32. The fourth-order valence-corrected chi connectivity index (χ4v) is 5.18. The lowest BCUT2D eigenvalue weighted by Gasteiger charge is -2.36. The highest BCUT2D eigenvalue weighted by Gasteiger charge is 2.33. The second-order valence-electron chi connectivity index (χ2n) is 7.77. The lowest BCUT2D eigenvalue weighted by molar-refractivity contribution is -0.123. The first-order valence-electron chi connectivity index (χ1n) is 10.5. The van der Waals surface area contributed by atoms with Crippen molar-refractivity contribution in [1.82, 2.24) is 14.9 Å². The van der Waals surface area contributed by atoms with E-state index in [1.165, 1.54) is 24.3 Å². The zero-order chi connectivity index (χ0) is 22.3. The second-order valence-corrected chi connectivity index (χ2v) is 9.92. The summed E-state index contributed by atoms with van der Waals surface area (Å²) >= 11 is 5.82. The van der Waals surface area contributed by atoms with Crippen LogP contribution in [0.1, 0.15) is 19.3 Å². The van der Waals surface area contributed by atoms with Gasteiger partial charge in [-0.1, -0.05) is 11.6 Å². The molecule has 1 amide bonds. The Balaban J connectivity index is 1.43. The first-order chi connectivity index (χ1) is 14.9. The molecule has 0 aromatic heterocycles. The van der Waals surface area contributed by atoms with Gasteiger partial charge in [0.05, 0.1) is 49.5 Å². The van der Waals surface area contributed by atoms with Gasteiger partial charge < -0.3 is 19.9 Å². The second kappa shape index (κ2) is 11.6. The molecule has 2 aliphatic rings. The highest BCUT2D eigenvalue weighted by atomic mass is 35.5. The molecule has 3 rings (SSSR count). The first-order valence-corrected chi connectivity index (χ1v) is 12.3. The third kappa shape index (κ3) is 7.38. The number of morpholine rings is 1. The number of aliphatic hydroxyl groups excluding tert-OH is 1. The van der Waals surface area contributed by atoms with Crippen molar-refractivity contribution in [2.75, 3.05) is 46.0 Å². The molecule has 31 heavy (non-hydrogen) atoms. The predicted molar refractivity (Wildman–Crippen MR) is 115 cm³/mol. The molecule has 0 spiro atoms. The smallest absolute Gasteiger partial charge is 0.240 e. The Morgan fingerprint density at radius 1 is 1.19 bits per heavy atom. The molecule has 9 nitrogen and oxygen atoms in total. The molecule has 3 atom stereocenters. The molecule has 2 heterocycles. The summed E-state index contributed by atoms with van der Waals surface area (Å²) in [6.07, 6.45) is 0.956. The van der Waals surface area contributed by atoms with Crippen LogP contribution in [0, 0.1) is 0 Å². The Bertz CT molecular complexity index is 817. The summed E-state index contributed by atoms with van der Waals surface area (Å²) in [7, 11) is -3.75. The Labute approximate surface area is 188 Å². The normalized spacial score (nSPS) is 25.3. The first kappa shape index (κ1) is 24.4. The molecule has 0 radical (unpaired) electrons. The highest BCUT2D eigenvalue weighted by Crippen LogP contribution is 2.23. The van der Waals surface area contributed by atoms with Gasteiger partial charge in [0.25, 0.3) is 0 Å². The van der Waals surface area contributed by atoms with Crippen molar-refractivity contribution in [3.8, 4) is 0 Å². The Morgan fingerprint density at radius 3 is 2.58 bits per heavy atom. The fourth-order valence-electron chi connectivity index (χ4n) is 3.75. The minimum absolute atomic E-state index is 0.0370. The van der Waals surface area contributed by atoms with E-state index < -0.39 is 22.2 Å². The molecular weight excluding hydrogens is 446 g/mol. The third-order valence-corrected chi connectivity index (χ3v) is 7.24. The zero-order valence-corrected chi connectivity index (χ0v) is 18.9. The van der Waals surface area contributed by atoms with Crippen LogP contribution in [0.25, 0.3) is 0 Å². The van der Waals surface area contributed by atoms with Crippen LogP contribution in [-0.2, 0) is 24.3 Å². The quantitative estimate of drug-likeness (QED) is 0.472. The summed E-state index contributed by atoms with van der Waals surface area (Å²) in [4.78, 5) is 14.2. The maximum absolute atomic E-state index is 12.6. The minimum atomic E-state index is -3.75. The van der Waals surface area contributed by atoms with E-state index in [1.807, 2.05) is 0 Å². The van der Waals surface area contributed by atoms with Gasteiger partial charge in [0, 0.05) is 24.7 Å². The van der Waals surface area contributed by atoms with E-state index in [0.717, 1.165) is 13.1 Å². The van der Waals surface area contributed by atoms with E-state index >= 15 is 0 Å². The van der Waals surface area contributed by atoms with Gasteiger partial charge in [0.1, 0.15) is 0 Å². The SMILES string of the molecule is O=C(CN1CCOCC1)NCC[C@@H]1CC[C@@H](NS(=O)(=O)c2ccc(Cl)cc2)[C@H](CO)O1. The van der Waals surface area contributed by atoms with Crippen LogP contribution in [0.5, 0.6) is 0 Å². The Morgan fingerprint density at radius 2 is 1.90 bits per heavy atom. The average molecular weight is 476 g/mol. The van der Waals surface area contributed by atoms with Gasteiger partial charge in [-0.2, -0.15) is 0 Å². The van der Waals surface area contributed by atoms with Gasteiger partial charge in [-0.15, -0.1) is 0 Å². The standard InChI is InChI=1S/C20H30ClN3O6S/c21-15-1-4-17(5-2-15)31(27,28)23-18-6-3-16(30-19(18)14-25)7-8-22-20(26)13-24-9-11-29-12-10-24/h1-2,4-5,16,18-19,23,25H,3,6-14H2,(H,22,26)/t16-,18+,19-/m0/s1. The van der Waals surface area contributed by atoms with Crippen molar-refractivity contribution < 1.29 is 27.8 Å². The average Bonchev–Trinajstić information content (AvgIpc) is 2.75. The van der Waals surface area contributed by atoms with Crippen molar-refractivity contribution in [2.45, 2.75) is 42.4 Å². The molecule has 11 heteroatoms. The molecule has 1 aromatic rings. The maximum Gasteiger partial charge on any atom is 0.240 e. The van der Waals surface area contributed by atoms with Crippen molar-refractivity contribution in [2.24, 2.45) is 0 Å². The summed E-state index contributed by atoms with van der Waals surface area (Å²) in [6, 6.07) is 5.37. The number of nitrogens with zero attached hydrogens (tertiary/aromatic N) is 1. The molecule has 0 saturated carbocycles. The van der Waals surface area contributed by atoms with Crippen molar-refractivity contribution in [1.29, 1.82) is 0 Å². The van der Waals surface area contributed by atoms with Crippen LogP contribution in [0.15, 0.2) is 29.2 Å². The molecular formula is C20H30ClN3O6S. The van der Waals surface area contributed by atoms with E-state index in [9.17, 15) is 18.3 Å². The van der Waals surface area contributed by atoms with E-state index in [0.29, 0.717) is 50.6 Å². The monoisotopic (exact) mass is 475 g/mol. The summed E-state index contributed by atoms with van der Waals surface area (Å²) in [5.41, 5.74) is 0. The number of hydrogen-bond acceptors (Lipinski definition) is 7. The van der Waals surface area contributed by atoms with E-state index in [4.69, 9.17) is 21.1 Å². The maximum atomic E-state index is 12.6. The predicted octanol–water partition coefficient (Wildman–Crippen LogP) is 0.365. The lowest BCUT2D eigenvalue weighted by atomic mass is 9.98. The van der Waals surface area contributed by atoms with Crippen LogP contribution in [0.2, 0.25) is 5.02 Å². The van der Waals surface area contributed by atoms with E-state index in [1.54, 1.807) is 0 Å². The fraction of sp³-hybridized carbons (Fsp3) is 0.650. The number of rotatable bonds is 9. The topological polar surface area (TPSA) is 117 Å². The number of carbonyl (C=O) groups is 1. The van der Waals surface area contributed by atoms with Gasteiger partial charge >= 0.3 is 0 Å². The van der Waals surface area contributed by atoms with Gasteiger partial charge in [0.2, 0.25) is 15.9 Å². The summed E-state index contributed by atoms with van der Waals surface area (Å²) < 4.78 is 39.0. The Hall–Kier alpha value is -1.27. The molecule has 3 N–H and O–H groups in total. The summed E-state index contributed by atoms with van der Waals surface area (Å²) in [5.74, 6) is -0.0370. The van der Waals surface area contributed by atoms with Crippen molar-refractivity contribution in [3.05, 3.63) is 29.3 Å². The van der Waals surface area contributed by atoms with Crippen molar-refractivity contribution >= 4 is 27.5 Å². The van der Waals surface area contributed by atoms with Crippen LogP contribution in [0.3, 0.4) is 0 Å². The molecule has 1 aromatic carbocycles. The number of hydrogen-bond donors (Lipinski definition) is 3. The molecule has 0 bridgehead atoms. The van der Waals surface area contributed by atoms with E-state index in [-0.39, 0.29) is 23.5 Å². The van der Waals surface area contributed by atoms with Crippen LogP contribution >= 0.6 is 11.6 Å². The van der Waals surface area contributed by atoms with Crippen LogP contribution in [0.4, 0.5) is 0 Å². The summed E-state index contributed by atoms with van der Waals surface area (Å²) in [5, 5.41) is 13.1. The largest absolute Gasteiger partial charge is 0.394 e.